The second-order valence-corrected chi connectivity index (χ2v) is 8.64. The van der Waals surface area contributed by atoms with Crippen molar-refractivity contribution in [1.82, 2.24) is 14.5 Å². The molecule has 5 rings (SSSR count). The maximum atomic E-state index is 14.1. The van der Waals surface area contributed by atoms with Crippen molar-refractivity contribution in [2.24, 2.45) is 0 Å². The number of hydrogen-bond donors (Lipinski definition) is 1. The predicted octanol–water partition coefficient (Wildman–Crippen LogP) is 4.85. The Balaban J connectivity index is 1.52. The van der Waals surface area contributed by atoms with Gasteiger partial charge < -0.3 is 14.8 Å². The van der Waals surface area contributed by atoms with Crippen molar-refractivity contribution < 1.29 is 9.18 Å². The first-order valence-corrected chi connectivity index (χ1v) is 11.3. The third-order valence-corrected chi connectivity index (χ3v) is 6.34. The zero-order valence-corrected chi connectivity index (χ0v) is 18.0. The predicted molar refractivity (Wildman–Crippen MR) is 120 cm³/mol. The number of aromatic nitrogens is 3. The molecule has 7 heteroatoms. The van der Waals surface area contributed by atoms with Gasteiger partial charge in [0.1, 0.15) is 17.2 Å². The van der Waals surface area contributed by atoms with Gasteiger partial charge in [-0.1, -0.05) is 6.42 Å². The number of fused-ring (bicyclic) bond motifs is 3. The van der Waals surface area contributed by atoms with Crippen LogP contribution in [0.2, 0.25) is 0 Å². The van der Waals surface area contributed by atoms with Gasteiger partial charge in [-0.2, -0.15) is 0 Å². The number of nitrogens with one attached hydrogen (secondary N) is 1. The molecule has 1 N–H and O–H groups in total. The van der Waals surface area contributed by atoms with Crippen molar-refractivity contribution in [2.45, 2.75) is 58.4 Å². The van der Waals surface area contributed by atoms with Crippen molar-refractivity contribution in [3.8, 4) is 0 Å². The van der Waals surface area contributed by atoms with Crippen LogP contribution in [0.4, 0.5) is 15.8 Å². The summed E-state index contributed by atoms with van der Waals surface area (Å²) in [4.78, 5) is 25.1. The molecule has 0 saturated carbocycles. The van der Waals surface area contributed by atoms with Crippen LogP contribution >= 0.6 is 0 Å². The molecule has 6 nitrogen and oxygen atoms in total. The topological polar surface area (TPSA) is 63.1 Å². The third kappa shape index (κ3) is 3.89. The summed E-state index contributed by atoms with van der Waals surface area (Å²) in [6.45, 7) is 4.61. The van der Waals surface area contributed by atoms with E-state index in [1.807, 2.05) is 6.92 Å². The van der Waals surface area contributed by atoms with Gasteiger partial charge in [-0.25, -0.2) is 14.4 Å². The summed E-state index contributed by atoms with van der Waals surface area (Å²) >= 11 is 0. The van der Waals surface area contributed by atoms with Crippen LogP contribution in [0.1, 0.15) is 60.4 Å². The van der Waals surface area contributed by atoms with Crippen molar-refractivity contribution in [1.29, 1.82) is 0 Å². The molecule has 0 spiro atoms. The van der Waals surface area contributed by atoms with Crippen LogP contribution in [0.15, 0.2) is 24.3 Å². The van der Waals surface area contributed by atoms with Crippen LogP contribution in [0, 0.1) is 12.7 Å². The lowest BCUT2D eigenvalue weighted by Crippen LogP contribution is -2.30. The Morgan fingerprint density at radius 1 is 1.00 bits per heavy atom. The number of carbonyl (C=O) groups is 1. The molecule has 0 aliphatic carbocycles. The third-order valence-electron chi connectivity index (χ3n) is 6.34. The van der Waals surface area contributed by atoms with Gasteiger partial charge in [-0.15, -0.1) is 0 Å². The highest BCUT2D eigenvalue weighted by atomic mass is 19.1. The van der Waals surface area contributed by atoms with Gasteiger partial charge >= 0.3 is 0 Å². The van der Waals surface area contributed by atoms with Gasteiger partial charge in [0.2, 0.25) is 0 Å². The molecule has 31 heavy (non-hydrogen) atoms. The number of hydrogen-bond acceptors (Lipinski definition) is 4. The number of halogens is 1. The summed E-state index contributed by atoms with van der Waals surface area (Å²) in [6, 6.07) is 6.42. The first kappa shape index (κ1) is 20.0. The van der Waals surface area contributed by atoms with Crippen LogP contribution in [0.25, 0.3) is 11.2 Å². The van der Waals surface area contributed by atoms with Gasteiger partial charge in [0.15, 0.2) is 5.65 Å². The first-order chi connectivity index (χ1) is 15.1. The van der Waals surface area contributed by atoms with Crippen molar-refractivity contribution in [3.63, 3.8) is 0 Å². The Hall–Kier alpha value is -2.96. The van der Waals surface area contributed by atoms with Crippen LogP contribution in [-0.2, 0) is 13.0 Å². The fraction of sp³-hybridized carbons (Fsp3) is 0.458. The van der Waals surface area contributed by atoms with E-state index < -0.39 is 0 Å². The number of carbonyl (C=O) groups excluding carboxylic acids is 1. The second-order valence-electron chi connectivity index (χ2n) is 8.64. The summed E-state index contributed by atoms with van der Waals surface area (Å²) in [7, 11) is 0. The van der Waals surface area contributed by atoms with Crippen LogP contribution in [-0.4, -0.2) is 33.5 Å². The van der Waals surface area contributed by atoms with E-state index in [1.54, 1.807) is 12.1 Å². The van der Waals surface area contributed by atoms with E-state index in [9.17, 15) is 9.18 Å². The van der Waals surface area contributed by atoms with E-state index in [1.165, 1.54) is 25.0 Å². The highest BCUT2D eigenvalue weighted by molar-refractivity contribution is 6.12. The molecule has 3 aromatic rings. The molecule has 0 atom stereocenters. The quantitative estimate of drug-likeness (QED) is 0.657. The highest BCUT2D eigenvalue weighted by Gasteiger charge is 2.22. The average Bonchev–Trinajstić information content (AvgIpc) is 2.94. The minimum atomic E-state index is -0.360. The Bertz CT molecular complexity index is 1130. The van der Waals surface area contributed by atoms with Gasteiger partial charge in [0.25, 0.3) is 5.91 Å². The summed E-state index contributed by atoms with van der Waals surface area (Å²) < 4.78 is 16.2. The summed E-state index contributed by atoms with van der Waals surface area (Å²) in [5, 5.41) is 2.98. The van der Waals surface area contributed by atoms with E-state index in [-0.39, 0.29) is 11.7 Å². The summed E-state index contributed by atoms with van der Waals surface area (Å²) in [6.07, 6.45) is 7.70. The fourth-order valence-corrected chi connectivity index (χ4v) is 4.80. The van der Waals surface area contributed by atoms with Gasteiger partial charge in [0, 0.05) is 31.7 Å². The highest BCUT2D eigenvalue weighted by Crippen LogP contribution is 2.31. The molecule has 1 aromatic carbocycles. The number of benzene rings is 1. The first-order valence-electron chi connectivity index (χ1n) is 11.3. The monoisotopic (exact) mass is 421 g/mol. The zero-order chi connectivity index (χ0) is 21.4. The number of amides is 1. The Morgan fingerprint density at radius 2 is 1.77 bits per heavy atom. The number of imidazole rings is 1. The molecular weight excluding hydrogens is 393 g/mol. The van der Waals surface area contributed by atoms with Crippen molar-refractivity contribution in [3.05, 3.63) is 47.2 Å². The number of nitrogens with zero attached hydrogens (tertiary/aromatic N) is 4. The molecule has 1 saturated heterocycles. The van der Waals surface area contributed by atoms with E-state index in [2.05, 4.69) is 14.8 Å². The Kier molecular flexibility index (Phi) is 5.34. The van der Waals surface area contributed by atoms with Crippen LogP contribution in [0.5, 0.6) is 0 Å². The minimum absolute atomic E-state index is 0.271. The van der Waals surface area contributed by atoms with Crippen molar-refractivity contribution >= 4 is 28.4 Å². The number of piperidine rings is 1. The maximum absolute atomic E-state index is 14.1. The fourth-order valence-electron chi connectivity index (χ4n) is 4.80. The molecule has 0 bridgehead atoms. The van der Waals surface area contributed by atoms with E-state index in [4.69, 9.17) is 9.97 Å². The molecule has 1 fully saturated rings. The maximum Gasteiger partial charge on any atom is 0.258 e. The smallest absolute Gasteiger partial charge is 0.258 e. The van der Waals surface area contributed by atoms with Crippen LogP contribution < -0.4 is 10.2 Å². The van der Waals surface area contributed by atoms with E-state index in [0.29, 0.717) is 16.8 Å². The molecule has 0 unspecified atom stereocenters. The summed E-state index contributed by atoms with van der Waals surface area (Å²) in [5.74, 6) is 0.368. The molecule has 2 aromatic heterocycles. The molecule has 4 heterocycles. The SMILES string of the molecule is Cc1cc(C(=O)Nc2cc(F)ccc2N2CCCCC2)c2nc3n(c2n1)CCCCC3. The van der Waals surface area contributed by atoms with Gasteiger partial charge in [0.05, 0.1) is 16.9 Å². The molecule has 1 amide bonds. The molecular formula is C24H28FN5O. The zero-order valence-electron chi connectivity index (χ0n) is 18.0. The molecule has 2 aliphatic rings. The summed E-state index contributed by atoms with van der Waals surface area (Å²) in [5.41, 5.74) is 4.07. The molecule has 162 valence electrons. The van der Waals surface area contributed by atoms with Gasteiger partial charge in [-0.05, 0) is 63.3 Å². The number of anilines is 2. The largest absolute Gasteiger partial charge is 0.370 e. The van der Waals surface area contributed by atoms with E-state index >= 15 is 0 Å². The standard InChI is InChI=1S/C24H28FN5O/c1-16-14-18(22-23(26-16)30-13-7-2-4-8-21(30)28-22)24(31)27-19-15-17(25)9-10-20(19)29-11-5-3-6-12-29/h9-10,14-15H,2-8,11-13H2,1H3,(H,27,31). The van der Waals surface area contributed by atoms with Gasteiger partial charge in [-0.3, -0.25) is 4.79 Å². The number of aryl methyl sites for hydroxylation is 3. The molecule has 0 radical (unpaired) electrons. The minimum Gasteiger partial charge on any atom is -0.370 e. The number of rotatable bonds is 3. The molecule has 2 aliphatic heterocycles. The lowest BCUT2D eigenvalue weighted by Gasteiger charge is -2.30. The lowest BCUT2D eigenvalue weighted by molar-refractivity contribution is 0.102. The Morgan fingerprint density at radius 3 is 2.61 bits per heavy atom. The second kappa shape index (κ2) is 8.29. The normalized spacial score (nSPS) is 16.8. The average molecular weight is 422 g/mol. The van der Waals surface area contributed by atoms with Crippen molar-refractivity contribution in [2.75, 3.05) is 23.3 Å². The van der Waals surface area contributed by atoms with Crippen LogP contribution in [0.3, 0.4) is 0 Å². The number of pyridine rings is 1. The lowest BCUT2D eigenvalue weighted by atomic mass is 10.1. The van der Waals surface area contributed by atoms with E-state index in [0.717, 1.165) is 74.6 Å². The Labute approximate surface area is 181 Å².